The fourth-order valence-corrected chi connectivity index (χ4v) is 3.29. The van der Waals surface area contributed by atoms with Crippen molar-refractivity contribution in [1.82, 2.24) is 19.9 Å². The van der Waals surface area contributed by atoms with E-state index in [0.717, 1.165) is 0 Å². The monoisotopic (exact) mass is 345 g/mol. The van der Waals surface area contributed by atoms with Gasteiger partial charge < -0.3 is 14.2 Å². The summed E-state index contributed by atoms with van der Waals surface area (Å²) in [7, 11) is 0. The predicted molar refractivity (Wildman–Crippen MR) is 86.5 cm³/mol. The minimum absolute atomic E-state index is 0.0158. The van der Waals surface area contributed by atoms with Gasteiger partial charge >= 0.3 is 0 Å². The summed E-state index contributed by atoms with van der Waals surface area (Å²) in [6.45, 7) is 4.79. The van der Waals surface area contributed by atoms with E-state index in [9.17, 15) is 4.79 Å². The van der Waals surface area contributed by atoms with Gasteiger partial charge in [0.15, 0.2) is 12.1 Å². The molecule has 0 bridgehead atoms. The van der Waals surface area contributed by atoms with Crippen molar-refractivity contribution >= 4 is 22.9 Å². The maximum Gasteiger partial charge on any atom is 0.206 e. The standard InChI is InChI=1S/C16H16FN5O3/c1-9-4-21(5-10(2)24-9)14-11(6-23)3-12-15(13(14)17)25-20-16(12)22-8-18-7-19-22/h3,6-10H,4-5H2,1-2H3. The van der Waals surface area contributed by atoms with Crippen LogP contribution in [0.4, 0.5) is 10.1 Å². The molecular formula is C16H16FN5O3. The number of hydrogen-bond donors (Lipinski definition) is 0. The second-order valence-electron chi connectivity index (χ2n) is 6.13. The molecule has 1 aliphatic heterocycles. The first kappa shape index (κ1) is 15.7. The van der Waals surface area contributed by atoms with Crippen LogP contribution in [-0.2, 0) is 4.74 Å². The molecule has 9 heteroatoms. The molecule has 25 heavy (non-hydrogen) atoms. The summed E-state index contributed by atoms with van der Waals surface area (Å²) in [5.41, 5.74) is 0.430. The lowest BCUT2D eigenvalue weighted by atomic mass is 10.1. The lowest BCUT2D eigenvalue weighted by Crippen LogP contribution is -2.46. The number of fused-ring (bicyclic) bond motifs is 1. The summed E-state index contributed by atoms with van der Waals surface area (Å²) < 4.78 is 27.4. The van der Waals surface area contributed by atoms with Gasteiger partial charge in [0.25, 0.3) is 0 Å². The van der Waals surface area contributed by atoms with Gasteiger partial charge in [-0.25, -0.2) is 9.37 Å². The Morgan fingerprint density at radius 3 is 2.72 bits per heavy atom. The summed E-state index contributed by atoms with van der Waals surface area (Å²) in [6, 6.07) is 1.57. The minimum atomic E-state index is -0.611. The van der Waals surface area contributed by atoms with Crippen LogP contribution in [0.3, 0.4) is 0 Å². The fourth-order valence-electron chi connectivity index (χ4n) is 3.29. The van der Waals surface area contributed by atoms with Gasteiger partial charge in [-0.15, -0.1) is 0 Å². The average molecular weight is 345 g/mol. The normalized spacial score (nSPS) is 21.0. The lowest BCUT2D eigenvalue weighted by molar-refractivity contribution is -0.00543. The summed E-state index contributed by atoms with van der Waals surface area (Å²) in [5.74, 6) is -0.329. The number of hydrogen-bond acceptors (Lipinski definition) is 7. The summed E-state index contributed by atoms with van der Waals surface area (Å²) >= 11 is 0. The van der Waals surface area contributed by atoms with Crippen LogP contribution in [0.5, 0.6) is 0 Å². The Labute approximate surface area is 142 Å². The van der Waals surface area contributed by atoms with Crippen molar-refractivity contribution in [3.8, 4) is 5.82 Å². The van der Waals surface area contributed by atoms with E-state index in [1.54, 1.807) is 6.07 Å². The SMILES string of the molecule is CC1CN(c2c(C=O)cc3c(-n4cncn4)noc3c2F)CC(C)O1. The quantitative estimate of drug-likeness (QED) is 0.671. The Morgan fingerprint density at radius 2 is 2.08 bits per heavy atom. The number of morpholine rings is 1. The zero-order valence-electron chi connectivity index (χ0n) is 13.7. The molecule has 3 aromatic rings. The van der Waals surface area contributed by atoms with E-state index < -0.39 is 5.82 Å². The van der Waals surface area contributed by atoms with E-state index in [2.05, 4.69) is 15.2 Å². The smallest absolute Gasteiger partial charge is 0.206 e. The van der Waals surface area contributed by atoms with Gasteiger partial charge in [-0.1, -0.05) is 5.16 Å². The van der Waals surface area contributed by atoms with Crippen LogP contribution in [0, 0.1) is 5.82 Å². The molecule has 4 rings (SSSR count). The maximum absolute atomic E-state index is 15.2. The van der Waals surface area contributed by atoms with Crippen LogP contribution in [0.1, 0.15) is 24.2 Å². The first-order valence-electron chi connectivity index (χ1n) is 7.91. The van der Waals surface area contributed by atoms with Crippen molar-refractivity contribution < 1.29 is 18.4 Å². The number of aldehydes is 1. The molecule has 1 saturated heterocycles. The van der Waals surface area contributed by atoms with E-state index in [-0.39, 0.29) is 34.9 Å². The van der Waals surface area contributed by atoms with E-state index in [1.165, 1.54) is 17.3 Å². The van der Waals surface area contributed by atoms with E-state index in [1.807, 2.05) is 18.7 Å². The number of carbonyl (C=O) groups excluding carboxylic acids is 1. The Morgan fingerprint density at radius 1 is 1.32 bits per heavy atom. The van der Waals surface area contributed by atoms with Crippen LogP contribution >= 0.6 is 0 Å². The van der Waals surface area contributed by atoms with Crippen molar-refractivity contribution in [2.75, 3.05) is 18.0 Å². The fraction of sp³-hybridized carbons (Fsp3) is 0.375. The molecule has 0 N–H and O–H groups in total. The Bertz CT molecular complexity index is 914. The molecule has 2 atom stereocenters. The Kier molecular flexibility index (Phi) is 3.72. The predicted octanol–water partition coefficient (Wildman–Crippen LogP) is 1.97. The second kappa shape index (κ2) is 5.92. The first-order chi connectivity index (χ1) is 12.1. The molecule has 1 aliphatic rings. The molecule has 2 unspecified atom stereocenters. The molecule has 0 spiro atoms. The van der Waals surface area contributed by atoms with Crippen molar-refractivity contribution in [2.24, 2.45) is 0 Å². The Balaban J connectivity index is 1.88. The van der Waals surface area contributed by atoms with E-state index in [4.69, 9.17) is 9.26 Å². The number of carbonyl (C=O) groups is 1. The molecule has 130 valence electrons. The van der Waals surface area contributed by atoms with Gasteiger partial charge in [0, 0.05) is 18.7 Å². The number of ether oxygens (including phenoxy) is 1. The number of nitrogens with zero attached hydrogens (tertiary/aromatic N) is 5. The van der Waals surface area contributed by atoms with Crippen LogP contribution < -0.4 is 4.90 Å². The highest BCUT2D eigenvalue weighted by molar-refractivity contribution is 5.97. The minimum Gasteiger partial charge on any atom is -0.372 e. The number of rotatable bonds is 3. The third-order valence-electron chi connectivity index (χ3n) is 4.19. The van der Waals surface area contributed by atoms with Gasteiger partial charge in [0.05, 0.1) is 23.3 Å². The van der Waals surface area contributed by atoms with E-state index >= 15 is 4.39 Å². The molecule has 0 aliphatic carbocycles. The number of halogens is 1. The average Bonchev–Trinajstić information content (AvgIpc) is 3.22. The van der Waals surface area contributed by atoms with E-state index in [0.29, 0.717) is 24.8 Å². The van der Waals surface area contributed by atoms with Gasteiger partial charge in [-0.3, -0.25) is 4.79 Å². The molecule has 0 radical (unpaired) electrons. The van der Waals surface area contributed by atoms with Crippen LogP contribution in [-0.4, -0.2) is 51.5 Å². The third-order valence-corrected chi connectivity index (χ3v) is 4.19. The summed E-state index contributed by atoms with van der Waals surface area (Å²) in [4.78, 5) is 17.3. The van der Waals surface area contributed by atoms with Gasteiger partial charge in [0.1, 0.15) is 12.7 Å². The van der Waals surface area contributed by atoms with Gasteiger partial charge in [-0.2, -0.15) is 9.78 Å². The van der Waals surface area contributed by atoms with Gasteiger partial charge in [0.2, 0.25) is 11.4 Å². The van der Waals surface area contributed by atoms with Crippen LogP contribution in [0.15, 0.2) is 23.2 Å². The van der Waals surface area contributed by atoms with Gasteiger partial charge in [-0.05, 0) is 19.9 Å². The topological polar surface area (TPSA) is 86.3 Å². The van der Waals surface area contributed by atoms with Crippen molar-refractivity contribution in [1.29, 1.82) is 0 Å². The zero-order valence-corrected chi connectivity index (χ0v) is 13.7. The Hall–Kier alpha value is -2.81. The highest BCUT2D eigenvalue weighted by Gasteiger charge is 2.29. The van der Waals surface area contributed by atoms with Crippen molar-refractivity contribution in [3.63, 3.8) is 0 Å². The molecule has 3 heterocycles. The number of aromatic nitrogens is 4. The van der Waals surface area contributed by atoms with Crippen molar-refractivity contribution in [3.05, 3.63) is 30.1 Å². The highest BCUT2D eigenvalue weighted by atomic mass is 19.1. The van der Waals surface area contributed by atoms with Crippen LogP contribution in [0.25, 0.3) is 16.8 Å². The molecule has 0 saturated carbocycles. The zero-order chi connectivity index (χ0) is 17.6. The molecular weight excluding hydrogens is 329 g/mol. The number of benzene rings is 1. The lowest BCUT2D eigenvalue weighted by Gasteiger charge is -2.37. The molecule has 8 nitrogen and oxygen atoms in total. The molecule has 1 aromatic carbocycles. The first-order valence-corrected chi connectivity index (χ1v) is 7.91. The number of anilines is 1. The van der Waals surface area contributed by atoms with Crippen LogP contribution in [0.2, 0.25) is 0 Å². The highest BCUT2D eigenvalue weighted by Crippen LogP contribution is 2.34. The largest absolute Gasteiger partial charge is 0.372 e. The molecule has 0 amide bonds. The third kappa shape index (κ3) is 2.56. The second-order valence-corrected chi connectivity index (χ2v) is 6.13. The maximum atomic E-state index is 15.2. The summed E-state index contributed by atoms with van der Waals surface area (Å²) in [6.07, 6.45) is 3.26. The molecule has 1 fully saturated rings. The van der Waals surface area contributed by atoms with Crippen molar-refractivity contribution in [2.45, 2.75) is 26.1 Å². The molecule has 2 aromatic heterocycles. The summed E-state index contributed by atoms with van der Waals surface area (Å²) in [5, 5.41) is 8.21.